The third kappa shape index (κ3) is 23.5. The average Bonchev–Trinajstić information content (AvgIpc) is 3.10. The molecule has 7 heteroatoms. The first-order valence-electron chi connectivity index (χ1n) is 21.6. The molecule has 0 bridgehead atoms. The third-order valence-corrected chi connectivity index (χ3v) is 10.8. The fourth-order valence-corrected chi connectivity index (χ4v) is 7.41. The number of amides is 1. The predicted octanol–water partition coefficient (Wildman–Crippen LogP) is 10.1. The van der Waals surface area contributed by atoms with Gasteiger partial charge in [-0.2, -0.15) is 0 Å². The first-order chi connectivity index (χ1) is 24.0. The highest BCUT2D eigenvalue weighted by Crippen LogP contribution is 2.25. The van der Waals surface area contributed by atoms with Crippen LogP contribution in [-0.4, -0.2) is 69.9 Å². The second kappa shape index (κ2) is 33.1. The highest BCUT2D eigenvalue weighted by Gasteiger charge is 2.45. The molecule has 0 spiro atoms. The van der Waals surface area contributed by atoms with Crippen molar-refractivity contribution in [2.45, 2.75) is 250 Å². The number of nitrogens with two attached hydrogens (primary N) is 1. The van der Waals surface area contributed by atoms with Crippen LogP contribution in [0.2, 0.25) is 0 Å². The SMILES string of the molecule is CCCCCCCCCCCCCCCCCCN(C(=O)CCCCCCCCCCCCCCCCC)[C@@H]1O[C@H](CO)[C@@H](O)[C@H](O)[C@@H]1N. The summed E-state index contributed by atoms with van der Waals surface area (Å²) in [7, 11) is 0. The van der Waals surface area contributed by atoms with Gasteiger partial charge in [-0.15, -0.1) is 0 Å². The van der Waals surface area contributed by atoms with Gasteiger partial charge in [0.1, 0.15) is 18.3 Å². The standard InChI is InChI=1S/C42H84N2O5/c1-3-5-7-9-11-13-15-17-19-21-23-25-27-29-31-33-35-44(42-39(43)41(48)40(47)37(36-45)49-42)38(46)34-32-30-28-26-24-22-20-18-16-14-12-10-8-6-4-2/h37,39-42,45,47-48H,3-36,43H2,1-2H3/t37-,39+,40-,41-,42-/m1/s1. The fourth-order valence-electron chi connectivity index (χ4n) is 7.41. The largest absolute Gasteiger partial charge is 0.394 e. The van der Waals surface area contributed by atoms with Gasteiger partial charge in [0.05, 0.1) is 12.6 Å². The molecule has 5 N–H and O–H groups in total. The van der Waals surface area contributed by atoms with Crippen LogP contribution in [0.3, 0.4) is 0 Å². The van der Waals surface area contributed by atoms with Crippen LogP contribution in [0.25, 0.3) is 0 Å². The zero-order chi connectivity index (χ0) is 35.8. The summed E-state index contributed by atoms with van der Waals surface area (Å²) < 4.78 is 5.94. The molecule has 0 radical (unpaired) electrons. The Bertz CT molecular complexity index is 723. The first kappa shape index (κ1) is 46.3. The normalized spacial score (nSPS) is 21.0. The minimum absolute atomic E-state index is 0.00335. The second-order valence-electron chi connectivity index (χ2n) is 15.4. The number of carbonyl (C=O) groups is 1. The van der Waals surface area contributed by atoms with Crippen LogP contribution in [0.15, 0.2) is 0 Å². The second-order valence-corrected chi connectivity index (χ2v) is 15.4. The van der Waals surface area contributed by atoms with E-state index >= 15 is 0 Å². The number of unbranched alkanes of at least 4 members (excludes halogenated alkanes) is 29. The van der Waals surface area contributed by atoms with E-state index in [0.29, 0.717) is 13.0 Å². The van der Waals surface area contributed by atoms with Gasteiger partial charge in [0.25, 0.3) is 0 Å². The van der Waals surface area contributed by atoms with Crippen LogP contribution in [0, 0.1) is 0 Å². The molecule has 0 aromatic heterocycles. The summed E-state index contributed by atoms with van der Waals surface area (Å²) in [5.41, 5.74) is 6.30. The lowest BCUT2D eigenvalue weighted by Crippen LogP contribution is -2.67. The van der Waals surface area contributed by atoms with Crippen molar-refractivity contribution >= 4 is 5.91 Å². The van der Waals surface area contributed by atoms with Gasteiger partial charge in [-0.05, 0) is 12.8 Å². The molecule has 1 rings (SSSR count). The predicted molar refractivity (Wildman–Crippen MR) is 207 cm³/mol. The van der Waals surface area contributed by atoms with E-state index in [2.05, 4.69) is 13.8 Å². The van der Waals surface area contributed by atoms with Gasteiger partial charge in [-0.25, -0.2) is 0 Å². The van der Waals surface area contributed by atoms with E-state index in [-0.39, 0.29) is 5.91 Å². The Kier molecular flexibility index (Phi) is 31.3. The van der Waals surface area contributed by atoms with Crippen molar-refractivity contribution in [2.75, 3.05) is 13.2 Å². The maximum Gasteiger partial charge on any atom is 0.224 e. The Morgan fingerprint density at radius 3 is 1.20 bits per heavy atom. The van der Waals surface area contributed by atoms with E-state index in [1.807, 2.05) is 0 Å². The summed E-state index contributed by atoms with van der Waals surface area (Å²) in [6.45, 7) is 4.64. The summed E-state index contributed by atoms with van der Waals surface area (Å²) in [6.07, 6.45) is 36.1. The molecule has 292 valence electrons. The van der Waals surface area contributed by atoms with Gasteiger partial charge in [-0.3, -0.25) is 4.79 Å². The Labute approximate surface area is 303 Å². The van der Waals surface area contributed by atoms with E-state index in [1.165, 1.54) is 161 Å². The molecule has 5 atom stereocenters. The van der Waals surface area contributed by atoms with Gasteiger partial charge >= 0.3 is 0 Å². The molecule has 0 saturated carbocycles. The van der Waals surface area contributed by atoms with Gasteiger partial charge in [0, 0.05) is 13.0 Å². The molecule has 1 amide bonds. The average molecular weight is 697 g/mol. The summed E-state index contributed by atoms with van der Waals surface area (Å²) in [5.74, 6) is -0.00335. The zero-order valence-electron chi connectivity index (χ0n) is 32.6. The highest BCUT2D eigenvalue weighted by atomic mass is 16.5. The number of hydrogen-bond donors (Lipinski definition) is 4. The van der Waals surface area contributed by atoms with Crippen molar-refractivity contribution in [3.63, 3.8) is 0 Å². The van der Waals surface area contributed by atoms with E-state index in [1.54, 1.807) is 4.90 Å². The topological polar surface area (TPSA) is 116 Å². The van der Waals surface area contributed by atoms with Crippen molar-refractivity contribution in [1.29, 1.82) is 0 Å². The highest BCUT2D eigenvalue weighted by molar-refractivity contribution is 5.76. The molecule has 1 aliphatic rings. The molecule has 7 nitrogen and oxygen atoms in total. The monoisotopic (exact) mass is 697 g/mol. The number of hydrogen-bond acceptors (Lipinski definition) is 6. The molecule has 0 aliphatic carbocycles. The molecular weight excluding hydrogens is 612 g/mol. The molecule has 1 fully saturated rings. The molecule has 1 heterocycles. The molecule has 1 saturated heterocycles. The first-order valence-corrected chi connectivity index (χ1v) is 21.6. The minimum Gasteiger partial charge on any atom is -0.394 e. The fraction of sp³-hybridized carbons (Fsp3) is 0.976. The van der Waals surface area contributed by atoms with Crippen molar-refractivity contribution < 1.29 is 24.9 Å². The summed E-state index contributed by atoms with van der Waals surface area (Å²) in [5, 5.41) is 30.6. The van der Waals surface area contributed by atoms with Crippen molar-refractivity contribution in [1.82, 2.24) is 4.90 Å². The number of nitrogens with zero attached hydrogens (tertiary/aromatic N) is 1. The van der Waals surface area contributed by atoms with Gasteiger partial charge in [0.15, 0.2) is 6.23 Å². The lowest BCUT2D eigenvalue weighted by molar-refractivity contribution is -0.226. The number of rotatable bonds is 35. The molecule has 0 aromatic carbocycles. The molecule has 1 aliphatic heterocycles. The molecule has 0 unspecified atom stereocenters. The van der Waals surface area contributed by atoms with Crippen LogP contribution in [-0.2, 0) is 9.53 Å². The molecular formula is C42H84N2O5. The van der Waals surface area contributed by atoms with Gasteiger partial charge in [-0.1, -0.05) is 200 Å². The Morgan fingerprint density at radius 2 is 0.857 bits per heavy atom. The third-order valence-electron chi connectivity index (χ3n) is 10.8. The summed E-state index contributed by atoms with van der Waals surface area (Å²) in [4.78, 5) is 15.2. The van der Waals surface area contributed by atoms with Crippen LogP contribution < -0.4 is 5.73 Å². The van der Waals surface area contributed by atoms with Crippen molar-refractivity contribution in [2.24, 2.45) is 5.73 Å². The maximum absolute atomic E-state index is 13.5. The molecule has 49 heavy (non-hydrogen) atoms. The Hall–Kier alpha value is -0.730. The van der Waals surface area contributed by atoms with Crippen LogP contribution in [0.1, 0.15) is 219 Å². The number of aliphatic hydroxyl groups is 3. The lowest BCUT2D eigenvalue weighted by atomic mass is 9.95. The van der Waals surface area contributed by atoms with E-state index in [4.69, 9.17) is 10.5 Å². The Balaban J connectivity index is 2.27. The zero-order valence-corrected chi connectivity index (χ0v) is 32.6. The minimum atomic E-state index is -1.26. The summed E-state index contributed by atoms with van der Waals surface area (Å²) in [6, 6.07) is -0.913. The van der Waals surface area contributed by atoms with Crippen LogP contribution >= 0.6 is 0 Å². The lowest BCUT2D eigenvalue weighted by Gasteiger charge is -2.45. The number of aliphatic hydroxyl groups excluding tert-OH is 3. The number of ether oxygens (including phenoxy) is 1. The molecule has 0 aromatic rings. The maximum atomic E-state index is 13.5. The van der Waals surface area contributed by atoms with Gasteiger partial charge < -0.3 is 30.7 Å². The van der Waals surface area contributed by atoms with Gasteiger partial charge in [0.2, 0.25) is 5.91 Å². The van der Waals surface area contributed by atoms with Crippen molar-refractivity contribution in [3.8, 4) is 0 Å². The van der Waals surface area contributed by atoms with E-state index < -0.39 is 37.2 Å². The quantitative estimate of drug-likeness (QED) is 0.0490. The van der Waals surface area contributed by atoms with Crippen LogP contribution in [0.5, 0.6) is 0 Å². The van der Waals surface area contributed by atoms with Crippen LogP contribution in [0.4, 0.5) is 0 Å². The van der Waals surface area contributed by atoms with Crippen molar-refractivity contribution in [3.05, 3.63) is 0 Å². The van der Waals surface area contributed by atoms with E-state index in [0.717, 1.165) is 38.5 Å². The summed E-state index contributed by atoms with van der Waals surface area (Å²) >= 11 is 0. The van der Waals surface area contributed by atoms with E-state index in [9.17, 15) is 20.1 Å². The Morgan fingerprint density at radius 1 is 0.531 bits per heavy atom. The smallest absolute Gasteiger partial charge is 0.224 e. The number of carbonyl (C=O) groups excluding carboxylic acids is 1.